The minimum absolute atomic E-state index is 0.265. The third kappa shape index (κ3) is 3.62. The Hall–Kier alpha value is -0.770. The molecule has 4 heteroatoms. The van der Waals surface area contributed by atoms with Gasteiger partial charge >= 0.3 is 0 Å². The Morgan fingerprint density at radius 3 is 2.47 bits per heavy atom. The highest BCUT2D eigenvalue weighted by atomic mass is 35.5. The van der Waals surface area contributed by atoms with Gasteiger partial charge in [0.2, 0.25) is 0 Å². The quantitative estimate of drug-likeness (QED) is 0.921. The average Bonchev–Trinajstić information content (AvgIpc) is 2.69. The maximum absolute atomic E-state index is 6.22. The second-order valence-corrected chi connectivity index (χ2v) is 5.50. The number of rotatable bonds is 4. The van der Waals surface area contributed by atoms with E-state index in [9.17, 15) is 0 Å². The van der Waals surface area contributed by atoms with Crippen LogP contribution in [0.1, 0.15) is 37.3 Å². The summed E-state index contributed by atoms with van der Waals surface area (Å²) >= 11 is 6.22. The van der Waals surface area contributed by atoms with E-state index in [2.05, 4.69) is 11.0 Å². The monoisotopic (exact) mass is 282 g/mol. The van der Waals surface area contributed by atoms with Crippen molar-refractivity contribution >= 4 is 11.6 Å². The van der Waals surface area contributed by atoms with Gasteiger partial charge in [0.25, 0.3) is 0 Å². The summed E-state index contributed by atoms with van der Waals surface area (Å²) in [6, 6.07) is 6.26. The van der Waals surface area contributed by atoms with E-state index in [-0.39, 0.29) is 6.04 Å². The number of methoxy groups -OCH3 is 1. The zero-order chi connectivity index (χ0) is 13.7. The van der Waals surface area contributed by atoms with Crippen molar-refractivity contribution in [2.45, 2.75) is 31.7 Å². The molecule has 1 aliphatic heterocycles. The first-order chi connectivity index (χ1) is 9.26. The van der Waals surface area contributed by atoms with Crippen LogP contribution in [0.3, 0.4) is 0 Å². The summed E-state index contributed by atoms with van der Waals surface area (Å²) in [7, 11) is 1.64. The molecule has 106 valence electrons. The number of halogens is 1. The lowest BCUT2D eigenvalue weighted by Crippen LogP contribution is -2.34. The number of nitrogens with zero attached hydrogens (tertiary/aromatic N) is 1. The van der Waals surface area contributed by atoms with Crippen molar-refractivity contribution in [1.82, 2.24) is 4.90 Å². The van der Waals surface area contributed by atoms with Crippen molar-refractivity contribution in [1.29, 1.82) is 0 Å². The Morgan fingerprint density at radius 2 is 1.95 bits per heavy atom. The normalized spacial score (nSPS) is 18.9. The maximum Gasteiger partial charge on any atom is 0.137 e. The van der Waals surface area contributed by atoms with Crippen LogP contribution >= 0.6 is 11.6 Å². The molecule has 1 unspecified atom stereocenters. The van der Waals surface area contributed by atoms with Crippen LogP contribution in [0.5, 0.6) is 5.75 Å². The summed E-state index contributed by atoms with van der Waals surface area (Å²) in [5.74, 6) is 0.719. The molecule has 1 heterocycles. The molecule has 1 aromatic rings. The molecule has 0 aromatic heterocycles. The fourth-order valence-corrected chi connectivity index (χ4v) is 3.06. The second kappa shape index (κ2) is 7.13. The van der Waals surface area contributed by atoms with Gasteiger partial charge in [-0.25, -0.2) is 0 Å². The largest absolute Gasteiger partial charge is 0.495 e. The first-order valence-electron chi connectivity index (χ1n) is 7.04. The average molecular weight is 283 g/mol. The van der Waals surface area contributed by atoms with E-state index in [1.807, 2.05) is 12.1 Å². The third-order valence-electron chi connectivity index (χ3n) is 3.87. The fourth-order valence-electron chi connectivity index (χ4n) is 2.79. The minimum Gasteiger partial charge on any atom is -0.495 e. The van der Waals surface area contributed by atoms with Gasteiger partial charge in [-0.1, -0.05) is 30.5 Å². The molecule has 1 aliphatic rings. The Morgan fingerprint density at radius 1 is 1.26 bits per heavy atom. The van der Waals surface area contributed by atoms with Gasteiger partial charge in [-0.05, 0) is 43.6 Å². The molecule has 0 saturated carbocycles. The number of hydrogen-bond donors (Lipinski definition) is 1. The van der Waals surface area contributed by atoms with E-state index in [0.717, 1.165) is 18.8 Å². The molecule has 1 atom stereocenters. The van der Waals surface area contributed by atoms with Crippen LogP contribution in [0.15, 0.2) is 18.2 Å². The summed E-state index contributed by atoms with van der Waals surface area (Å²) in [4.78, 5) is 2.49. The van der Waals surface area contributed by atoms with E-state index < -0.39 is 0 Å². The van der Waals surface area contributed by atoms with Gasteiger partial charge < -0.3 is 10.5 Å². The molecule has 2 rings (SSSR count). The fraction of sp³-hybridized carbons (Fsp3) is 0.600. The second-order valence-electron chi connectivity index (χ2n) is 5.10. The molecule has 3 nitrogen and oxygen atoms in total. The number of likely N-dealkylation sites (tertiary alicyclic amines) is 1. The Balaban J connectivity index is 2.18. The summed E-state index contributed by atoms with van der Waals surface area (Å²) in [6.07, 6.45) is 5.19. The summed E-state index contributed by atoms with van der Waals surface area (Å²) in [5.41, 5.74) is 7.18. The maximum atomic E-state index is 6.22. The van der Waals surface area contributed by atoms with Crippen LogP contribution in [0.4, 0.5) is 0 Å². The lowest BCUT2D eigenvalue weighted by Gasteiger charge is -2.30. The standard InChI is InChI=1S/C15H23ClN2O/c1-19-15-7-6-12(10-13(15)16)14(11-17)18-8-4-2-3-5-9-18/h6-7,10,14H,2-5,8-9,11,17H2,1H3. The minimum atomic E-state index is 0.265. The highest BCUT2D eigenvalue weighted by molar-refractivity contribution is 6.32. The number of hydrogen-bond acceptors (Lipinski definition) is 3. The smallest absolute Gasteiger partial charge is 0.137 e. The molecule has 0 spiro atoms. The van der Waals surface area contributed by atoms with Crippen LogP contribution in [-0.2, 0) is 0 Å². The van der Waals surface area contributed by atoms with Crippen molar-refractivity contribution in [2.24, 2.45) is 5.73 Å². The topological polar surface area (TPSA) is 38.5 Å². The molecule has 19 heavy (non-hydrogen) atoms. The molecule has 0 aliphatic carbocycles. The molecule has 0 amide bonds. The molecular weight excluding hydrogens is 260 g/mol. The van der Waals surface area contributed by atoms with Crippen molar-refractivity contribution in [3.05, 3.63) is 28.8 Å². The molecule has 1 aromatic carbocycles. The number of ether oxygens (including phenoxy) is 1. The van der Waals surface area contributed by atoms with E-state index in [1.54, 1.807) is 7.11 Å². The Bertz CT molecular complexity index is 403. The molecule has 0 bridgehead atoms. The van der Waals surface area contributed by atoms with Gasteiger partial charge in [0.05, 0.1) is 12.1 Å². The Labute approximate surface area is 120 Å². The highest BCUT2D eigenvalue weighted by Gasteiger charge is 2.20. The highest BCUT2D eigenvalue weighted by Crippen LogP contribution is 2.30. The van der Waals surface area contributed by atoms with Crippen molar-refractivity contribution < 1.29 is 4.74 Å². The Kier molecular flexibility index (Phi) is 5.49. The predicted molar refractivity (Wildman–Crippen MR) is 79.8 cm³/mol. The third-order valence-corrected chi connectivity index (χ3v) is 4.16. The van der Waals surface area contributed by atoms with Crippen molar-refractivity contribution in [3.8, 4) is 5.75 Å². The zero-order valence-electron chi connectivity index (χ0n) is 11.6. The SMILES string of the molecule is COc1ccc(C(CN)N2CCCCCC2)cc1Cl. The van der Waals surface area contributed by atoms with Crippen molar-refractivity contribution in [2.75, 3.05) is 26.7 Å². The van der Waals surface area contributed by atoms with Crippen LogP contribution in [0, 0.1) is 0 Å². The molecule has 1 fully saturated rings. The molecule has 2 N–H and O–H groups in total. The van der Waals surface area contributed by atoms with Gasteiger partial charge in [-0.3, -0.25) is 4.90 Å². The lowest BCUT2D eigenvalue weighted by atomic mass is 10.0. The van der Waals surface area contributed by atoms with Gasteiger partial charge in [0.15, 0.2) is 0 Å². The first kappa shape index (κ1) is 14.6. The molecule has 1 saturated heterocycles. The van der Waals surface area contributed by atoms with Gasteiger partial charge in [-0.2, -0.15) is 0 Å². The molecule has 0 radical (unpaired) electrons. The van der Waals surface area contributed by atoms with Crippen LogP contribution in [0.2, 0.25) is 5.02 Å². The van der Waals surface area contributed by atoms with Crippen LogP contribution in [0.25, 0.3) is 0 Å². The van der Waals surface area contributed by atoms with Crippen molar-refractivity contribution in [3.63, 3.8) is 0 Å². The van der Waals surface area contributed by atoms with Crippen LogP contribution < -0.4 is 10.5 Å². The van der Waals surface area contributed by atoms with E-state index in [0.29, 0.717) is 11.6 Å². The molecular formula is C15H23ClN2O. The predicted octanol–water partition coefficient (Wildman–Crippen LogP) is 3.22. The number of nitrogens with two attached hydrogens (primary N) is 1. The van der Waals surface area contributed by atoms with E-state index >= 15 is 0 Å². The first-order valence-corrected chi connectivity index (χ1v) is 7.41. The van der Waals surface area contributed by atoms with E-state index in [1.165, 1.54) is 31.2 Å². The van der Waals surface area contributed by atoms with E-state index in [4.69, 9.17) is 22.1 Å². The summed E-state index contributed by atoms with van der Waals surface area (Å²) in [6.45, 7) is 2.89. The number of benzene rings is 1. The summed E-state index contributed by atoms with van der Waals surface area (Å²) in [5, 5.41) is 0.660. The lowest BCUT2D eigenvalue weighted by molar-refractivity contribution is 0.209. The van der Waals surface area contributed by atoms with Crippen LogP contribution in [-0.4, -0.2) is 31.6 Å². The van der Waals surface area contributed by atoms with Gasteiger partial charge in [0, 0.05) is 12.6 Å². The summed E-state index contributed by atoms with van der Waals surface area (Å²) < 4.78 is 5.20. The zero-order valence-corrected chi connectivity index (χ0v) is 12.3. The van der Waals surface area contributed by atoms with Gasteiger partial charge in [0.1, 0.15) is 5.75 Å². The van der Waals surface area contributed by atoms with Gasteiger partial charge in [-0.15, -0.1) is 0 Å².